The maximum atomic E-state index is 12.7. The summed E-state index contributed by atoms with van der Waals surface area (Å²) < 4.78 is 11.0. The molecule has 2 aliphatic rings. The lowest BCUT2D eigenvalue weighted by Crippen LogP contribution is -2.59. The molecule has 0 spiro atoms. The molecule has 0 aromatic rings. The van der Waals surface area contributed by atoms with Crippen molar-refractivity contribution in [2.45, 2.75) is 50.7 Å². The number of carbonyl (C=O) groups excluding carboxylic acids is 1. The molecule has 2 rings (SSSR count). The lowest BCUT2D eigenvalue weighted by molar-refractivity contribution is -0.164. The quantitative estimate of drug-likeness (QED) is 0.786. The standard InChI is InChI=1S/C15H28N2O3/c1-3-20-14(18)15(7-4-6-13(12-15)19-2)17-10-5-8-16-9-11-17/h13,16H,3-12H2,1-2H3. The molecule has 20 heavy (non-hydrogen) atoms. The van der Waals surface area contributed by atoms with Crippen LogP contribution in [0.1, 0.15) is 39.0 Å². The molecule has 5 heteroatoms. The zero-order valence-electron chi connectivity index (χ0n) is 12.8. The van der Waals surface area contributed by atoms with Crippen LogP contribution in [-0.4, -0.2) is 62.4 Å². The number of esters is 1. The van der Waals surface area contributed by atoms with Gasteiger partial charge in [0.2, 0.25) is 0 Å². The predicted molar refractivity (Wildman–Crippen MR) is 77.7 cm³/mol. The number of nitrogens with one attached hydrogen (secondary N) is 1. The topological polar surface area (TPSA) is 50.8 Å². The van der Waals surface area contributed by atoms with Crippen molar-refractivity contribution in [1.82, 2.24) is 10.2 Å². The Morgan fingerprint density at radius 1 is 1.35 bits per heavy atom. The Morgan fingerprint density at radius 3 is 2.95 bits per heavy atom. The number of nitrogens with zero attached hydrogens (tertiary/aromatic N) is 1. The molecular weight excluding hydrogens is 256 g/mol. The first-order valence-electron chi connectivity index (χ1n) is 7.88. The molecule has 1 aliphatic heterocycles. The lowest BCUT2D eigenvalue weighted by atomic mass is 9.78. The van der Waals surface area contributed by atoms with Crippen LogP contribution in [0.2, 0.25) is 0 Å². The van der Waals surface area contributed by atoms with E-state index in [0.717, 1.165) is 58.3 Å². The smallest absolute Gasteiger partial charge is 0.326 e. The SMILES string of the molecule is CCOC(=O)C1(N2CCCNCC2)CCCC(OC)C1. The second-order valence-electron chi connectivity index (χ2n) is 5.80. The minimum Gasteiger partial charge on any atom is -0.465 e. The van der Waals surface area contributed by atoms with Crippen LogP contribution in [0.5, 0.6) is 0 Å². The average Bonchev–Trinajstić information content (AvgIpc) is 2.77. The Bertz CT molecular complexity index is 316. The van der Waals surface area contributed by atoms with E-state index in [-0.39, 0.29) is 12.1 Å². The number of ether oxygens (including phenoxy) is 2. The molecule has 2 fully saturated rings. The van der Waals surface area contributed by atoms with Crippen LogP contribution in [0, 0.1) is 0 Å². The van der Waals surface area contributed by atoms with Gasteiger partial charge in [-0.05, 0) is 39.2 Å². The van der Waals surface area contributed by atoms with Gasteiger partial charge in [0.15, 0.2) is 0 Å². The summed E-state index contributed by atoms with van der Waals surface area (Å²) >= 11 is 0. The largest absolute Gasteiger partial charge is 0.465 e. The molecule has 0 radical (unpaired) electrons. The van der Waals surface area contributed by atoms with Crippen LogP contribution in [-0.2, 0) is 14.3 Å². The lowest BCUT2D eigenvalue weighted by Gasteiger charge is -2.45. The van der Waals surface area contributed by atoms with Gasteiger partial charge < -0.3 is 14.8 Å². The Balaban J connectivity index is 2.19. The van der Waals surface area contributed by atoms with E-state index in [2.05, 4.69) is 10.2 Å². The number of carbonyl (C=O) groups is 1. The highest BCUT2D eigenvalue weighted by Crippen LogP contribution is 2.36. The minimum atomic E-state index is -0.471. The Labute approximate surface area is 122 Å². The van der Waals surface area contributed by atoms with Gasteiger partial charge in [0, 0.05) is 33.2 Å². The fraction of sp³-hybridized carbons (Fsp3) is 0.933. The molecular formula is C15H28N2O3. The summed E-state index contributed by atoms with van der Waals surface area (Å²) in [5.41, 5.74) is -0.471. The number of hydrogen-bond acceptors (Lipinski definition) is 5. The van der Waals surface area contributed by atoms with Gasteiger partial charge in [-0.2, -0.15) is 0 Å². The number of rotatable bonds is 4. The second kappa shape index (κ2) is 7.38. The monoisotopic (exact) mass is 284 g/mol. The highest BCUT2D eigenvalue weighted by molar-refractivity contribution is 5.81. The normalized spacial score (nSPS) is 32.6. The van der Waals surface area contributed by atoms with Gasteiger partial charge in [-0.1, -0.05) is 0 Å². The van der Waals surface area contributed by atoms with Gasteiger partial charge >= 0.3 is 5.97 Å². The molecule has 2 unspecified atom stereocenters. The summed E-state index contributed by atoms with van der Waals surface area (Å²) in [5, 5.41) is 3.40. The summed E-state index contributed by atoms with van der Waals surface area (Å²) in [7, 11) is 1.75. The zero-order valence-corrected chi connectivity index (χ0v) is 12.8. The fourth-order valence-corrected chi connectivity index (χ4v) is 3.55. The van der Waals surface area contributed by atoms with Crippen molar-refractivity contribution in [2.75, 3.05) is 39.9 Å². The van der Waals surface area contributed by atoms with Crippen LogP contribution < -0.4 is 5.32 Å². The molecule has 1 saturated heterocycles. The predicted octanol–water partition coefficient (Wildman–Crippen LogP) is 1.17. The third-order valence-corrected chi connectivity index (χ3v) is 4.62. The van der Waals surface area contributed by atoms with Gasteiger partial charge in [-0.3, -0.25) is 9.69 Å². The van der Waals surface area contributed by atoms with Crippen molar-refractivity contribution in [3.8, 4) is 0 Å². The molecule has 0 bridgehead atoms. The van der Waals surface area contributed by atoms with Gasteiger partial charge in [-0.15, -0.1) is 0 Å². The van der Waals surface area contributed by atoms with Crippen molar-refractivity contribution in [2.24, 2.45) is 0 Å². The highest BCUT2D eigenvalue weighted by Gasteiger charge is 2.48. The van der Waals surface area contributed by atoms with E-state index in [4.69, 9.17) is 9.47 Å². The fourth-order valence-electron chi connectivity index (χ4n) is 3.55. The van der Waals surface area contributed by atoms with Gasteiger partial charge in [0.1, 0.15) is 5.54 Å². The van der Waals surface area contributed by atoms with E-state index in [1.54, 1.807) is 7.11 Å². The molecule has 0 amide bonds. The first kappa shape index (κ1) is 15.7. The van der Waals surface area contributed by atoms with E-state index in [1.807, 2.05) is 6.92 Å². The van der Waals surface area contributed by atoms with Gasteiger partial charge in [0.05, 0.1) is 12.7 Å². The molecule has 5 nitrogen and oxygen atoms in total. The second-order valence-corrected chi connectivity index (χ2v) is 5.80. The first-order chi connectivity index (χ1) is 9.73. The molecule has 0 aromatic heterocycles. The summed E-state index contributed by atoms with van der Waals surface area (Å²) in [4.78, 5) is 15.0. The average molecular weight is 284 g/mol. The van der Waals surface area contributed by atoms with Crippen LogP contribution >= 0.6 is 0 Å². The third-order valence-electron chi connectivity index (χ3n) is 4.62. The summed E-state index contributed by atoms with van der Waals surface area (Å²) in [6.07, 6.45) is 4.99. The van der Waals surface area contributed by atoms with Crippen LogP contribution in [0.25, 0.3) is 0 Å². The molecule has 1 saturated carbocycles. The maximum absolute atomic E-state index is 12.7. The van der Waals surface area contributed by atoms with E-state index in [1.165, 1.54) is 0 Å². The first-order valence-corrected chi connectivity index (χ1v) is 7.88. The molecule has 116 valence electrons. The molecule has 0 aromatic carbocycles. The van der Waals surface area contributed by atoms with E-state index >= 15 is 0 Å². The molecule has 2 atom stereocenters. The van der Waals surface area contributed by atoms with Crippen LogP contribution in [0.4, 0.5) is 0 Å². The van der Waals surface area contributed by atoms with Crippen molar-refractivity contribution in [1.29, 1.82) is 0 Å². The summed E-state index contributed by atoms with van der Waals surface area (Å²) in [6, 6.07) is 0. The molecule has 1 heterocycles. The van der Waals surface area contributed by atoms with E-state index < -0.39 is 5.54 Å². The van der Waals surface area contributed by atoms with Crippen molar-refractivity contribution in [3.05, 3.63) is 0 Å². The number of methoxy groups -OCH3 is 1. The van der Waals surface area contributed by atoms with Gasteiger partial charge in [-0.25, -0.2) is 0 Å². The van der Waals surface area contributed by atoms with Crippen molar-refractivity contribution < 1.29 is 14.3 Å². The van der Waals surface area contributed by atoms with Crippen LogP contribution in [0.15, 0.2) is 0 Å². The Kier molecular flexibility index (Phi) is 5.81. The van der Waals surface area contributed by atoms with E-state index in [9.17, 15) is 4.79 Å². The van der Waals surface area contributed by atoms with Crippen LogP contribution in [0.3, 0.4) is 0 Å². The molecule has 1 aliphatic carbocycles. The Morgan fingerprint density at radius 2 is 2.20 bits per heavy atom. The minimum absolute atomic E-state index is 0.0522. The summed E-state index contributed by atoms with van der Waals surface area (Å²) in [5.74, 6) is -0.0522. The molecule has 1 N–H and O–H groups in total. The number of hydrogen-bond donors (Lipinski definition) is 1. The third kappa shape index (κ3) is 3.32. The van der Waals surface area contributed by atoms with Crippen molar-refractivity contribution in [3.63, 3.8) is 0 Å². The van der Waals surface area contributed by atoms with Crippen molar-refractivity contribution >= 4 is 5.97 Å². The maximum Gasteiger partial charge on any atom is 0.326 e. The summed E-state index contributed by atoms with van der Waals surface area (Å²) in [6.45, 7) is 6.18. The zero-order chi connectivity index (χ0) is 14.4. The Hall–Kier alpha value is -0.650. The van der Waals surface area contributed by atoms with Gasteiger partial charge in [0.25, 0.3) is 0 Å². The highest BCUT2D eigenvalue weighted by atomic mass is 16.5. The van der Waals surface area contributed by atoms with E-state index in [0.29, 0.717) is 6.61 Å².